The first-order valence-corrected chi connectivity index (χ1v) is 10.3. The normalized spacial score (nSPS) is 19.8. The van der Waals surface area contributed by atoms with Crippen molar-refractivity contribution in [1.29, 1.82) is 0 Å². The van der Waals surface area contributed by atoms with Gasteiger partial charge in [-0.3, -0.25) is 0 Å². The molecular weight excluding hydrogens is 340 g/mol. The zero-order valence-electron chi connectivity index (χ0n) is 16.6. The molecule has 0 heterocycles. The second-order valence-electron chi connectivity index (χ2n) is 9.31. The quantitative estimate of drug-likeness (QED) is 0.348. The molecule has 0 N–H and O–H groups in total. The lowest BCUT2D eigenvalue weighted by Crippen LogP contribution is -2.24. The molecule has 0 amide bonds. The molecule has 6 rings (SSSR count). The fraction of sp³-hybridized carbons (Fsp3) is 0.259. The van der Waals surface area contributed by atoms with Gasteiger partial charge >= 0.3 is 0 Å². The van der Waals surface area contributed by atoms with Gasteiger partial charge in [0.05, 0.1) is 0 Å². The smallest absolute Gasteiger partial charge is 0.132 e. The second kappa shape index (κ2) is 5.38. The molecule has 0 fully saturated rings. The van der Waals surface area contributed by atoms with E-state index in [1.165, 1.54) is 50.2 Å². The second-order valence-corrected chi connectivity index (χ2v) is 9.31. The first-order chi connectivity index (χ1) is 13.5. The van der Waals surface area contributed by atoms with Gasteiger partial charge in [-0.15, -0.1) is 0 Å². The Morgan fingerprint density at radius 2 is 1.29 bits per heavy atom. The number of rotatable bonds is 1. The number of fused-ring (bicyclic) bond motifs is 10. The minimum atomic E-state index is -0.216. The van der Waals surface area contributed by atoms with E-state index in [9.17, 15) is 0 Å². The lowest BCUT2D eigenvalue weighted by molar-refractivity contribution is 0.131. The molecule has 0 aromatic heterocycles. The van der Waals surface area contributed by atoms with Crippen LogP contribution in [-0.2, 0) is 0 Å². The highest BCUT2D eigenvalue weighted by Gasteiger charge is 2.44. The Kier molecular flexibility index (Phi) is 3.11. The fourth-order valence-electron chi connectivity index (χ4n) is 5.35. The molecule has 28 heavy (non-hydrogen) atoms. The Hall–Kier alpha value is -2.80. The van der Waals surface area contributed by atoms with Crippen LogP contribution in [0.5, 0.6) is 5.75 Å². The van der Waals surface area contributed by atoms with E-state index in [0.717, 1.165) is 5.75 Å². The van der Waals surface area contributed by atoms with E-state index in [0.29, 0.717) is 11.8 Å². The molecule has 0 saturated heterocycles. The van der Waals surface area contributed by atoms with Crippen molar-refractivity contribution in [3.8, 4) is 5.75 Å². The summed E-state index contributed by atoms with van der Waals surface area (Å²) in [5.41, 5.74) is 5.72. The highest BCUT2D eigenvalue weighted by molar-refractivity contribution is 5.93. The van der Waals surface area contributed by atoms with E-state index in [-0.39, 0.29) is 5.60 Å². The van der Waals surface area contributed by atoms with Gasteiger partial charge in [-0.25, -0.2) is 0 Å². The Bertz CT molecular complexity index is 1260. The van der Waals surface area contributed by atoms with Crippen molar-refractivity contribution in [3.05, 3.63) is 89.0 Å². The first kappa shape index (κ1) is 16.2. The van der Waals surface area contributed by atoms with Crippen LogP contribution in [0.2, 0.25) is 0 Å². The zero-order chi connectivity index (χ0) is 19.0. The maximum atomic E-state index is 6.61. The van der Waals surface area contributed by atoms with E-state index in [2.05, 4.69) is 87.5 Å². The van der Waals surface area contributed by atoms with Gasteiger partial charge in [0.2, 0.25) is 0 Å². The van der Waals surface area contributed by atoms with Crippen molar-refractivity contribution in [1.82, 2.24) is 0 Å². The van der Waals surface area contributed by atoms with Gasteiger partial charge < -0.3 is 4.74 Å². The Labute approximate surface area is 166 Å². The summed E-state index contributed by atoms with van der Waals surface area (Å²) >= 11 is 0. The van der Waals surface area contributed by atoms with E-state index in [4.69, 9.17) is 4.74 Å². The highest BCUT2D eigenvalue weighted by atomic mass is 16.5. The summed E-state index contributed by atoms with van der Waals surface area (Å²) in [6.45, 7) is 6.45. The Morgan fingerprint density at radius 1 is 0.714 bits per heavy atom. The summed E-state index contributed by atoms with van der Waals surface area (Å²) in [5.74, 6) is 2.04. The van der Waals surface area contributed by atoms with Crippen molar-refractivity contribution < 1.29 is 4.74 Å². The SMILES string of the molecule is CC(C)(C)Oc1c2c(cc3ccccc13)C1CC2c2cc3ccccc3cc21. The van der Waals surface area contributed by atoms with Crippen LogP contribution in [0, 0.1) is 0 Å². The predicted molar refractivity (Wildman–Crippen MR) is 117 cm³/mol. The van der Waals surface area contributed by atoms with E-state index >= 15 is 0 Å². The molecule has 0 saturated carbocycles. The molecule has 4 aromatic carbocycles. The number of ether oxygens (including phenoxy) is 1. The molecule has 1 heteroatoms. The minimum absolute atomic E-state index is 0.216. The van der Waals surface area contributed by atoms with Crippen LogP contribution in [0.15, 0.2) is 66.7 Å². The lowest BCUT2D eigenvalue weighted by atomic mass is 9.82. The third-order valence-electron chi connectivity index (χ3n) is 6.38. The van der Waals surface area contributed by atoms with Gasteiger partial charge in [-0.2, -0.15) is 0 Å². The Morgan fingerprint density at radius 3 is 1.96 bits per heavy atom. The van der Waals surface area contributed by atoms with Crippen LogP contribution in [-0.4, -0.2) is 5.60 Å². The van der Waals surface area contributed by atoms with Crippen molar-refractivity contribution in [2.45, 2.75) is 44.6 Å². The summed E-state index contributed by atoms with van der Waals surface area (Å²) in [4.78, 5) is 0. The summed E-state index contributed by atoms with van der Waals surface area (Å²) in [7, 11) is 0. The molecule has 2 aliphatic carbocycles. The van der Waals surface area contributed by atoms with Crippen LogP contribution in [0.4, 0.5) is 0 Å². The van der Waals surface area contributed by atoms with E-state index in [1.54, 1.807) is 0 Å². The molecule has 0 aliphatic heterocycles. The fourth-order valence-corrected chi connectivity index (χ4v) is 5.35. The van der Waals surface area contributed by atoms with Crippen molar-refractivity contribution in [2.75, 3.05) is 0 Å². The molecule has 2 unspecified atom stereocenters. The Balaban J connectivity index is 1.64. The van der Waals surface area contributed by atoms with Gasteiger partial charge in [0.25, 0.3) is 0 Å². The zero-order valence-corrected chi connectivity index (χ0v) is 16.6. The van der Waals surface area contributed by atoms with Crippen LogP contribution in [0.3, 0.4) is 0 Å². The van der Waals surface area contributed by atoms with Crippen LogP contribution >= 0.6 is 0 Å². The van der Waals surface area contributed by atoms with Crippen LogP contribution < -0.4 is 4.74 Å². The molecule has 138 valence electrons. The molecule has 0 spiro atoms. The average Bonchev–Trinajstić information content (AvgIpc) is 3.22. The topological polar surface area (TPSA) is 9.23 Å². The van der Waals surface area contributed by atoms with Crippen LogP contribution in [0.25, 0.3) is 21.5 Å². The van der Waals surface area contributed by atoms with Crippen LogP contribution in [0.1, 0.15) is 61.3 Å². The van der Waals surface area contributed by atoms with E-state index < -0.39 is 0 Å². The van der Waals surface area contributed by atoms with Crippen molar-refractivity contribution in [2.24, 2.45) is 0 Å². The van der Waals surface area contributed by atoms with Gasteiger partial charge in [0.1, 0.15) is 11.4 Å². The maximum absolute atomic E-state index is 6.61. The predicted octanol–water partition coefficient (Wildman–Crippen LogP) is 7.15. The summed E-state index contributed by atoms with van der Waals surface area (Å²) in [6, 6.07) is 24.7. The summed E-state index contributed by atoms with van der Waals surface area (Å²) < 4.78 is 6.61. The largest absolute Gasteiger partial charge is 0.487 e. The number of hydrogen-bond acceptors (Lipinski definition) is 1. The number of benzene rings is 4. The number of hydrogen-bond donors (Lipinski definition) is 0. The first-order valence-electron chi connectivity index (χ1n) is 10.3. The van der Waals surface area contributed by atoms with Gasteiger partial charge in [0, 0.05) is 22.8 Å². The standard InChI is InChI=1S/C27H24O/c1-27(2,3)28-26-19-11-7-6-10-18(19)14-23-22-15-24(25(23)26)21-13-17-9-5-4-8-16(17)12-20(21)22/h4-14,22,24H,15H2,1-3H3. The minimum Gasteiger partial charge on any atom is -0.487 e. The van der Waals surface area contributed by atoms with E-state index in [1.807, 2.05) is 0 Å². The molecular formula is C27H24O. The van der Waals surface area contributed by atoms with Gasteiger partial charge in [-0.1, -0.05) is 60.7 Å². The summed E-state index contributed by atoms with van der Waals surface area (Å²) in [6.07, 6.45) is 1.18. The molecule has 4 aromatic rings. The third kappa shape index (κ3) is 2.19. The van der Waals surface area contributed by atoms with Gasteiger partial charge in [0.15, 0.2) is 0 Å². The lowest BCUT2D eigenvalue weighted by Gasteiger charge is -2.29. The molecule has 0 radical (unpaired) electrons. The third-order valence-corrected chi connectivity index (χ3v) is 6.38. The van der Waals surface area contributed by atoms with Gasteiger partial charge in [-0.05, 0) is 66.1 Å². The highest BCUT2D eigenvalue weighted by Crippen LogP contribution is 2.60. The molecule has 2 aliphatic rings. The monoisotopic (exact) mass is 364 g/mol. The van der Waals surface area contributed by atoms with Crippen molar-refractivity contribution >= 4 is 21.5 Å². The van der Waals surface area contributed by atoms with Crippen molar-refractivity contribution in [3.63, 3.8) is 0 Å². The molecule has 2 bridgehead atoms. The molecule has 1 nitrogen and oxygen atoms in total. The molecule has 2 atom stereocenters. The summed E-state index contributed by atoms with van der Waals surface area (Å²) in [5, 5.41) is 5.22. The average molecular weight is 364 g/mol. The maximum Gasteiger partial charge on any atom is 0.132 e.